The van der Waals surface area contributed by atoms with Crippen molar-refractivity contribution in [3.8, 4) is 5.69 Å². The zero-order chi connectivity index (χ0) is 23.4. The molecule has 0 saturated carbocycles. The summed E-state index contributed by atoms with van der Waals surface area (Å²) in [6.45, 7) is 2.06. The highest BCUT2D eigenvalue weighted by atomic mass is 32.2. The molecule has 0 spiro atoms. The van der Waals surface area contributed by atoms with E-state index in [-0.39, 0.29) is 22.8 Å². The van der Waals surface area contributed by atoms with E-state index in [4.69, 9.17) is 5.73 Å². The van der Waals surface area contributed by atoms with Crippen molar-refractivity contribution in [2.45, 2.75) is 18.5 Å². The van der Waals surface area contributed by atoms with Crippen molar-refractivity contribution >= 4 is 40.2 Å². The summed E-state index contributed by atoms with van der Waals surface area (Å²) in [7, 11) is 0. The Balaban J connectivity index is 1.66. The van der Waals surface area contributed by atoms with E-state index in [1.54, 1.807) is 42.5 Å². The predicted octanol–water partition coefficient (Wildman–Crippen LogP) is 3.78. The number of amides is 2. The van der Waals surface area contributed by atoms with Crippen LogP contribution in [0.4, 0.5) is 5.69 Å². The van der Waals surface area contributed by atoms with Gasteiger partial charge >= 0.3 is 0 Å². The number of para-hydroxylation sites is 2. The largest absolute Gasteiger partial charge is 0.366 e. The maximum absolute atomic E-state index is 13.3. The van der Waals surface area contributed by atoms with Gasteiger partial charge in [0.15, 0.2) is 5.16 Å². The van der Waals surface area contributed by atoms with Crippen LogP contribution in [0, 0.1) is 0 Å². The second kappa shape index (κ2) is 9.70. The van der Waals surface area contributed by atoms with Crippen LogP contribution < -0.4 is 16.6 Å². The molecule has 0 unspecified atom stereocenters. The summed E-state index contributed by atoms with van der Waals surface area (Å²) in [5, 5.41) is 3.62. The zero-order valence-electron chi connectivity index (χ0n) is 17.9. The summed E-state index contributed by atoms with van der Waals surface area (Å²) in [6, 6.07) is 21.4. The van der Waals surface area contributed by atoms with Gasteiger partial charge in [0.1, 0.15) is 0 Å². The van der Waals surface area contributed by atoms with Crippen LogP contribution in [0.1, 0.15) is 22.8 Å². The lowest BCUT2D eigenvalue weighted by atomic mass is 10.1. The van der Waals surface area contributed by atoms with Crippen LogP contribution in [-0.2, 0) is 11.2 Å². The second-order valence-corrected chi connectivity index (χ2v) is 8.26. The molecular formula is C25H22N4O3S. The fourth-order valence-corrected chi connectivity index (χ4v) is 4.25. The number of nitrogens with two attached hydrogens (primary N) is 1. The average Bonchev–Trinajstić information content (AvgIpc) is 2.83. The highest BCUT2D eigenvalue weighted by Gasteiger charge is 2.16. The number of anilines is 1. The lowest BCUT2D eigenvalue weighted by molar-refractivity contribution is -0.113. The van der Waals surface area contributed by atoms with Gasteiger partial charge in [0.05, 0.1) is 33.6 Å². The van der Waals surface area contributed by atoms with Crippen molar-refractivity contribution in [1.82, 2.24) is 9.55 Å². The van der Waals surface area contributed by atoms with Crippen LogP contribution in [0.25, 0.3) is 16.6 Å². The molecule has 7 nitrogen and oxygen atoms in total. The molecular weight excluding hydrogens is 436 g/mol. The normalized spacial score (nSPS) is 10.8. The topological polar surface area (TPSA) is 107 Å². The molecule has 0 radical (unpaired) electrons. The quantitative estimate of drug-likeness (QED) is 0.324. The Hall–Kier alpha value is -3.91. The first-order chi connectivity index (χ1) is 16.0. The molecule has 0 fully saturated rings. The molecule has 0 bridgehead atoms. The summed E-state index contributed by atoms with van der Waals surface area (Å²) in [5.41, 5.74) is 8.15. The second-order valence-electron chi connectivity index (χ2n) is 7.32. The summed E-state index contributed by atoms with van der Waals surface area (Å²) in [4.78, 5) is 42.2. The number of carbonyl (C=O) groups excluding carboxylic acids is 2. The van der Waals surface area contributed by atoms with Crippen molar-refractivity contribution in [2.24, 2.45) is 5.73 Å². The van der Waals surface area contributed by atoms with E-state index in [1.165, 1.54) is 4.57 Å². The number of carbonyl (C=O) groups is 2. The highest BCUT2D eigenvalue weighted by Crippen LogP contribution is 2.22. The molecule has 3 N–H and O–H groups in total. The molecule has 0 saturated heterocycles. The molecule has 0 aliphatic heterocycles. The number of primary amides is 1. The summed E-state index contributed by atoms with van der Waals surface area (Å²) in [5.74, 6) is -0.978. The summed E-state index contributed by atoms with van der Waals surface area (Å²) >= 11 is 1.15. The van der Waals surface area contributed by atoms with Crippen molar-refractivity contribution in [3.63, 3.8) is 0 Å². The van der Waals surface area contributed by atoms with Gasteiger partial charge in [-0.15, -0.1) is 0 Å². The SMILES string of the molecule is CCc1ccc(-n2c(SCC(=O)Nc3ccccc3C(N)=O)nc3ccccc3c2=O)cc1. The number of thioether (sulfide) groups is 1. The molecule has 2 amide bonds. The van der Waals surface area contributed by atoms with Crippen molar-refractivity contribution in [2.75, 3.05) is 11.1 Å². The van der Waals surface area contributed by atoms with Gasteiger partial charge in [0, 0.05) is 0 Å². The minimum Gasteiger partial charge on any atom is -0.366 e. The van der Waals surface area contributed by atoms with Gasteiger partial charge in [-0.3, -0.25) is 19.0 Å². The molecule has 1 aromatic heterocycles. The number of nitrogens with one attached hydrogen (secondary N) is 1. The summed E-state index contributed by atoms with van der Waals surface area (Å²) in [6.07, 6.45) is 0.889. The van der Waals surface area contributed by atoms with Gasteiger partial charge in [-0.25, -0.2) is 4.98 Å². The third-order valence-corrected chi connectivity index (χ3v) is 6.09. The van der Waals surface area contributed by atoms with Crippen molar-refractivity contribution in [3.05, 3.63) is 94.3 Å². The number of aryl methyl sites for hydroxylation is 1. The van der Waals surface area contributed by atoms with Crippen LogP contribution in [0.3, 0.4) is 0 Å². The minimum atomic E-state index is -0.626. The Morgan fingerprint density at radius 1 is 1.00 bits per heavy atom. The lowest BCUT2D eigenvalue weighted by Gasteiger charge is -2.14. The molecule has 4 aromatic rings. The molecule has 4 rings (SSSR count). The van der Waals surface area contributed by atoms with Gasteiger partial charge in [0.25, 0.3) is 11.5 Å². The highest BCUT2D eigenvalue weighted by molar-refractivity contribution is 7.99. The number of hydrogen-bond donors (Lipinski definition) is 2. The number of hydrogen-bond acceptors (Lipinski definition) is 5. The van der Waals surface area contributed by atoms with Crippen LogP contribution >= 0.6 is 11.8 Å². The van der Waals surface area contributed by atoms with Gasteiger partial charge in [-0.05, 0) is 48.4 Å². The third kappa shape index (κ3) is 4.80. The predicted molar refractivity (Wildman–Crippen MR) is 131 cm³/mol. The Morgan fingerprint density at radius 2 is 1.70 bits per heavy atom. The molecule has 1 heterocycles. The molecule has 166 valence electrons. The van der Waals surface area contributed by atoms with E-state index >= 15 is 0 Å². The maximum Gasteiger partial charge on any atom is 0.266 e. The first kappa shape index (κ1) is 22.3. The fourth-order valence-electron chi connectivity index (χ4n) is 3.44. The van der Waals surface area contributed by atoms with Crippen LogP contribution in [0.2, 0.25) is 0 Å². The number of fused-ring (bicyclic) bond motifs is 1. The maximum atomic E-state index is 13.3. The summed E-state index contributed by atoms with van der Waals surface area (Å²) < 4.78 is 1.52. The monoisotopic (exact) mass is 458 g/mol. The Kier molecular flexibility index (Phi) is 6.55. The third-order valence-electron chi connectivity index (χ3n) is 5.15. The van der Waals surface area contributed by atoms with E-state index in [0.717, 1.165) is 23.7 Å². The van der Waals surface area contributed by atoms with Crippen LogP contribution in [0.15, 0.2) is 82.7 Å². The molecule has 0 aliphatic rings. The number of benzene rings is 3. The average molecular weight is 459 g/mol. The van der Waals surface area contributed by atoms with E-state index in [2.05, 4.69) is 17.2 Å². The number of nitrogens with zero attached hydrogens (tertiary/aromatic N) is 2. The van der Waals surface area contributed by atoms with Gasteiger partial charge in [-0.1, -0.05) is 55.1 Å². The molecule has 8 heteroatoms. The first-order valence-electron chi connectivity index (χ1n) is 10.4. The minimum absolute atomic E-state index is 0.00901. The Bertz CT molecular complexity index is 1400. The zero-order valence-corrected chi connectivity index (χ0v) is 18.8. The standard InChI is InChI=1S/C25H22N4O3S/c1-2-16-11-13-17(14-12-16)29-24(32)19-8-4-6-10-21(19)28-25(29)33-15-22(30)27-20-9-5-3-7-18(20)23(26)31/h3-14H,2,15H2,1H3,(H2,26,31)(H,27,30). The molecule has 33 heavy (non-hydrogen) atoms. The molecule has 0 aliphatic carbocycles. The lowest BCUT2D eigenvalue weighted by Crippen LogP contribution is -2.23. The van der Waals surface area contributed by atoms with Crippen molar-refractivity contribution in [1.29, 1.82) is 0 Å². The van der Waals surface area contributed by atoms with Gasteiger partial charge in [0.2, 0.25) is 5.91 Å². The number of rotatable bonds is 7. The van der Waals surface area contributed by atoms with E-state index in [1.807, 2.05) is 30.3 Å². The van der Waals surface area contributed by atoms with Gasteiger partial charge < -0.3 is 11.1 Å². The fraction of sp³-hybridized carbons (Fsp3) is 0.120. The van der Waals surface area contributed by atoms with Gasteiger partial charge in [-0.2, -0.15) is 0 Å². The first-order valence-corrected chi connectivity index (χ1v) is 11.4. The van der Waals surface area contributed by atoms with Crippen LogP contribution in [0.5, 0.6) is 0 Å². The van der Waals surface area contributed by atoms with E-state index < -0.39 is 5.91 Å². The van der Waals surface area contributed by atoms with E-state index in [0.29, 0.717) is 27.4 Å². The van der Waals surface area contributed by atoms with E-state index in [9.17, 15) is 14.4 Å². The van der Waals surface area contributed by atoms with Crippen LogP contribution in [-0.4, -0.2) is 27.1 Å². The molecule has 0 atom stereocenters. The number of aromatic nitrogens is 2. The molecule has 3 aromatic carbocycles. The smallest absolute Gasteiger partial charge is 0.266 e. The Morgan fingerprint density at radius 3 is 2.42 bits per heavy atom. The van der Waals surface area contributed by atoms with Crippen molar-refractivity contribution < 1.29 is 9.59 Å². The Labute approximate surface area is 194 Å².